The molecule has 13 N–H and O–H groups in total. The number of hydrogen-bond donors (Lipinski definition) is 11. The van der Waals surface area contributed by atoms with Crippen molar-refractivity contribution < 1.29 is 63.2 Å². The molecule has 1 saturated heterocycles. The summed E-state index contributed by atoms with van der Waals surface area (Å²) in [7, 11) is 2.82. The molecule has 2 aromatic carbocycles. The molecule has 1 aliphatic heterocycles. The third-order valence-electron chi connectivity index (χ3n) is 12.4. The average Bonchev–Trinajstić information content (AvgIpc) is 3.35. The van der Waals surface area contributed by atoms with Crippen molar-refractivity contribution in [2.24, 2.45) is 28.3 Å². The largest absolute Gasteiger partial charge is 0.508 e. The molecule has 23 heteroatoms. The molecule has 75 heavy (non-hydrogen) atoms. The van der Waals surface area contributed by atoms with E-state index in [2.05, 4.69) is 43.5 Å². The molecule has 0 bridgehead atoms. The van der Waals surface area contributed by atoms with E-state index in [-0.39, 0.29) is 49.5 Å². The van der Waals surface area contributed by atoms with Gasteiger partial charge < -0.3 is 68.3 Å². The molecular formula is C52H72N10O13. The topological polar surface area (TPSA) is 363 Å². The smallest absolute Gasteiger partial charge is 0.326 e. The number of carboxylic acid groups (broad SMARTS) is 2. The number of aliphatic imine (C=N–C) groups is 1. The number of guanidine groups is 1. The number of rotatable bonds is 16. The number of nitrogens with one attached hydrogen (secondary N) is 6. The van der Waals surface area contributed by atoms with E-state index in [9.17, 15) is 58.5 Å². The van der Waals surface area contributed by atoms with Gasteiger partial charge in [-0.05, 0) is 69.2 Å². The van der Waals surface area contributed by atoms with Gasteiger partial charge in [0.15, 0.2) is 5.96 Å². The number of ether oxygens (including phenoxy) is 1. The second-order valence-corrected chi connectivity index (χ2v) is 18.5. The Kier molecular flexibility index (Phi) is 24.6. The first-order chi connectivity index (χ1) is 35.4. The second kappa shape index (κ2) is 30.2. The quantitative estimate of drug-likeness (QED) is 0.0362. The monoisotopic (exact) mass is 1040 g/mol. The molecular weight excluding hydrogens is 973 g/mol. The van der Waals surface area contributed by atoms with Gasteiger partial charge in [-0.25, -0.2) is 4.79 Å². The minimum Gasteiger partial charge on any atom is -0.508 e. The number of methoxy groups -OCH3 is 1. The van der Waals surface area contributed by atoms with Gasteiger partial charge in [-0.15, -0.1) is 0 Å². The van der Waals surface area contributed by atoms with Crippen molar-refractivity contribution in [2.75, 3.05) is 20.7 Å². The number of nitrogens with two attached hydrogens (primary N) is 2. The number of likely N-dealkylation sites (N-methyl/N-ethyl adjacent to an activating group) is 1. The molecule has 0 aliphatic carbocycles. The van der Waals surface area contributed by atoms with E-state index in [1.54, 1.807) is 20.1 Å². The third-order valence-corrected chi connectivity index (χ3v) is 12.4. The number of carboxylic acids is 2. The summed E-state index contributed by atoms with van der Waals surface area (Å²) < 4.78 is 5.82. The Morgan fingerprint density at radius 1 is 0.867 bits per heavy atom. The molecule has 0 saturated carbocycles. The molecule has 0 aromatic heterocycles. The van der Waals surface area contributed by atoms with E-state index in [1.165, 1.54) is 51.2 Å². The molecule has 0 radical (unpaired) electrons. The summed E-state index contributed by atoms with van der Waals surface area (Å²) in [5, 5.41) is 45.2. The van der Waals surface area contributed by atoms with Crippen LogP contribution < -0.4 is 43.4 Å². The number of hydrogen-bond acceptors (Lipinski definition) is 12. The first kappa shape index (κ1) is 61.2. The number of amides is 7. The lowest BCUT2D eigenvalue weighted by atomic mass is 9.94. The lowest BCUT2D eigenvalue weighted by Crippen LogP contribution is -2.57. The maximum Gasteiger partial charge on any atom is 0.326 e. The fourth-order valence-corrected chi connectivity index (χ4v) is 7.90. The SMILES string of the molecule is C=C1C(=O)N[C@H](C)C(=O)N[C@@H](Cc2ccc(O)cc2)CC(=O)N[C@@H](CC(=O)O)C(=O)NC(CCCN=C(N)N)C(=O)NC(/C=C/C(C)=C/[C@H](C)[C@H](Cc2ccccc2)OC)[C@H](C)C(=O)N[C@@H](C(=O)O)CCC(=O)N1C. The molecule has 7 amide bonds. The zero-order chi connectivity index (χ0) is 55.9. The standard InChI is InChI=1S/C52H72N10O13/c1-29(24-30(2)42(75-7)26-34-12-9-8-10-13-34)15-20-38-31(3)46(68)61-40(51(73)74)21-22-44(65)62(6)33(5)48(70)56-32(4)47(69)57-36(25-35-16-18-37(63)19-17-35)27-43(64)58-41(28-45(66)67)50(72)60-39(49(71)59-38)14-11-23-55-52(53)54/h8-10,12-13,15-20,24,30-32,36,38-42,63H,5,11,14,21-23,25-28H2,1-4,6-7H3,(H,56,70)(H,57,69)(H,58,64)(H,59,71)(H,60,72)(H,61,68)(H,66,67)(H,73,74)(H4,53,54,55)/b20-15+,29-24+/t30-,31-,32+,36-,38?,39?,40+,41-,42-/m0/s1. The molecule has 2 aromatic rings. The van der Waals surface area contributed by atoms with Crippen molar-refractivity contribution in [2.45, 2.75) is 121 Å². The van der Waals surface area contributed by atoms with Gasteiger partial charge in [0.1, 0.15) is 35.6 Å². The lowest BCUT2D eigenvalue weighted by Gasteiger charge is -2.27. The zero-order valence-electron chi connectivity index (χ0n) is 43.2. The van der Waals surface area contributed by atoms with E-state index in [0.717, 1.165) is 10.5 Å². The molecule has 1 fully saturated rings. The molecule has 1 aliphatic rings. The highest BCUT2D eigenvalue weighted by Crippen LogP contribution is 2.19. The highest BCUT2D eigenvalue weighted by molar-refractivity contribution is 5.99. The highest BCUT2D eigenvalue weighted by Gasteiger charge is 2.34. The normalized spacial score (nSPS) is 23.5. The van der Waals surface area contributed by atoms with Gasteiger partial charge in [0.25, 0.3) is 5.91 Å². The Balaban J connectivity index is 2.13. The van der Waals surface area contributed by atoms with Crippen LogP contribution in [0.25, 0.3) is 0 Å². The van der Waals surface area contributed by atoms with E-state index in [4.69, 9.17) is 16.2 Å². The second-order valence-electron chi connectivity index (χ2n) is 18.5. The number of aliphatic carboxylic acids is 2. The van der Waals surface area contributed by atoms with Gasteiger partial charge in [0.05, 0.1) is 24.5 Å². The Morgan fingerprint density at radius 3 is 2.13 bits per heavy atom. The van der Waals surface area contributed by atoms with Crippen molar-refractivity contribution in [3.05, 3.63) is 102 Å². The number of benzene rings is 2. The maximum absolute atomic E-state index is 14.4. The first-order valence-corrected chi connectivity index (χ1v) is 24.4. The van der Waals surface area contributed by atoms with Gasteiger partial charge in [-0.1, -0.05) is 86.7 Å². The molecule has 1 heterocycles. The Bertz CT molecular complexity index is 2440. The van der Waals surface area contributed by atoms with Crippen LogP contribution in [0.5, 0.6) is 5.75 Å². The number of nitrogens with zero attached hydrogens (tertiary/aromatic N) is 2. The molecule has 0 spiro atoms. The molecule has 3 rings (SSSR count). The van der Waals surface area contributed by atoms with Gasteiger partial charge in [0, 0.05) is 45.5 Å². The summed E-state index contributed by atoms with van der Waals surface area (Å²) >= 11 is 0. The minimum atomic E-state index is -1.78. The Morgan fingerprint density at radius 2 is 1.52 bits per heavy atom. The van der Waals surface area contributed by atoms with Crippen molar-refractivity contribution in [3.63, 3.8) is 0 Å². The predicted octanol–water partition coefficient (Wildman–Crippen LogP) is 0.665. The van der Waals surface area contributed by atoms with Crippen LogP contribution in [0.15, 0.2) is 95.7 Å². The number of phenolic OH excluding ortho intramolecular Hbond substituents is 1. The van der Waals surface area contributed by atoms with E-state index < -0.39 is 127 Å². The number of aromatic hydroxyl groups is 1. The fourth-order valence-electron chi connectivity index (χ4n) is 7.90. The van der Waals surface area contributed by atoms with Gasteiger partial charge in [-0.3, -0.25) is 43.3 Å². The summed E-state index contributed by atoms with van der Waals surface area (Å²) in [5.41, 5.74) is 12.9. The van der Waals surface area contributed by atoms with Crippen LogP contribution in [-0.2, 0) is 60.7 Å². The summed E-state index contributed by atoms with van der Waals surface area (Å²) in [4.78, 5) is 126. The first-order valence-electron chi connectivity index (χ1n) is 24.4. The lowest BCUT2D eigenvalue weighted by molar-refractivity contribution is -0.143. The van der Waals surface area contributed by atoms with Crippen LogP contribution in [0.2, 0.25) is 0 Å². The third kappa shape index (κ3) is 21.1. The molecule has 408 valence electrons. The van der Waals surface area contributed by atoms with Gasteiger partial charge >= 0.3 is 11.9 Å². The Hall–Kier alpha value is -8.08. The van der Waals surface area contributed by atoms with Crippen LogP contribution in [-0.4, -0.2) is 143 Å². The van der Waals surface area contributed by atoms with E-state index >= 15 is 0 Å². The summed E-state index contributed by atoms with van der Waals surface area (Å²) in [6.07, 6.45) is 2.93. The number of allylic oxidation sites excluding steroid dienone is 2. The fraction of sp³-hybridized carbons (Fsp3) is 0.462. The number of phenols is 1. The maximum atomic E-state index is 14.4. The molecule has 23 nitrogen and oxygen atoms in total. The van der Waals surface area contributed by atoms with E-state index in [1.807, 2.05) is 43.3 Å². The number of carbonyl (C=O) groups is 9. The van der Waals surface area contributed by atoms with Crippen molar-refractivity contribution >= 4 is 59.2 Å². The number of carbonyl (C=O) groups excluding carboxylic acids is 7. The van der Waals surface area contributed by atoms with Crippen molar-refractivity contribution in [1.29, 1.82) is 0 Å². The molecule has 2 unspecified atom stereocenters. The highest BCUT2D eigenvalue weighted by atomic mass is 16.5. The van der Waals surface area contributed by atoms with Crippen molar-refractivity contribution in [1.82, 2.24) is 36.8 Å². The Labute approximate surface area is 436 Å². The average molecular weight is 1050 g/mol. The summed E-state index contributed by atoms with van der Waals surface area (Å²) in [6.45, 7) is 10.1. The van der Waals surface area contributed by atoms with Crippen LogP contribution in [0.4, 0.5) is 0 Å². The predicted molar refractivity (Wildman–Crippen MR) is 277 cm³/mol. The van der Waals surface area contributed by atoms with Crippen LogP contribution in [0.3, 0.4) is 0 Å². The zero-order valence-corrected chi connectivity index (χ0v) is 43.2. The summed E-state index contributed by atoms with van der Waals surface area (Å²) in [5.74, 6) is -10.9. The van der Waals surface area contributed by atoms with Gasteiger partial charge in [0.2, 0.25) is 35.4 Å². The molecule has 9 atom stereocenters. The minimum absolute atomic E-state index is 0.00620. The van der Waals surface area contributed by atoms with Crippen LogP contribution in [0.1, 0.15) is 77.3 Å². The van der Waals surface area contributed by atoms with Crippen LogP contribution >= 0.6 is 0 Å². The van der Waals surface area contributed by atoms with E-state index in [0.29, 0.717) is 17.6 Å². The van der Waals surface area contributed by atoms with Gasteiger partial charge in [-0.2, -0.15) is 0 Å². The van der Waals surface area contributed by atoms with Crippen LogP contribution in [0, 0.1) is 11.8 Å². The summed E-state index contributed by atoms with van der Waals surface area (Å²) in [6, 6.07) is 7.07. The van der Waals surface area contributed by atoms with Crippen molar-refractivity contribution in [3.8, 4) is 5.75 Å².